The Morgan fingerprint density at radius 2 is 2.04 bits per heavy atom. The van der Waals surface area contributed by atoms with Gasteiger partial charge in [0, 0.05) is 45.2 Å². The minimum Gasteiger partial charge on any atom is -0.370 e. The lowest BCUT2D eigenvalue weighted by molar-refractivity contribution is -0.132. The van der Waals surface area contributed by atoms with E-state index in [9.17, 15) is 4.79 Å². The molecule has 1 N–H and O–H groups in total. The van der Waals surface area contributed by atoms with Gasteiger partial charge in [-0.2, -0.15) is 0 Å². The normalized spacial score (nSPS) is 21.7. The molecule has 1 amide bonds. The van der Waals surface area contributed by atoms with Crippen molar-refractivity contribution in [3.8, 4) is 0 Å². The molecule has 6 heteroatoms. The van der Waals surface area contributed by atoms with Crippen molar-refractivity contribution < 1.29 is 4.79 Å². The molecule has 0 aliphatic carbocycles. The molecular weight excluding hydrogens is 326 g/mol. The number of amides is 1. The molecule has 3 rings (SSSR count). The Hall–Kier alpha value is -1.85. The van der Waals surface area contributed by atoms with Gasteiger partial charge in [0.1, 0.15) is 18.0 Å². The van der Waals surface area contributed by atoms with Crippen molar-refractivity contribution in [2.24, 2.45) is 11.8 Å². The second-order valence-electron chi connectivity index (χ2n) is 7.85. The Kier molecular flexibility index (Phi) is 6.69. The standard InChI is InChI=1S/C20H33N5O/c1-3-21-18-13-19(23-15-22-18)25-10-4-5-17(14-25)6-7-20(26)24-11-8-16(2)9-12-24/h13,15-17H,3-12,14H2,1-2H3,(H,21,22,23)/t17-/m1/s1. The number of rotatable bonds is 6. The molecule has 0 bridgehead atoms. The van der Waals surface area contributed by atoms with Crippen LogP contribution in [0.3, 0.4) is 0 Å². The number of aromatic nitrogens is 2. The van der Waals surface area contributed by atoms with Crippen LogP contribution in [-0.2, 0) is 4.79 Å². The first kappa shape index (κ1) is 18.9. The molecule has 0 aromatic carbocycles. The Balaban J connectivity index is 1.49. The fourth-order valence-corrected chi connectivity index (χ4v) is 4.05. The number of piperidine rings is 2. The summed E-state index contributed by atoms with van der Waals surface area (Å²) in [5, 5.41) is 3.25. The zero-order valence-electron chi connectivity index (χ0n) is 16.3. The largest absolute Gasteiger partial charge is 0.370 e. The molecule has 1 atom stereocenters. The van der Waals surface area contributed by atoms with Crippen molar-refractivity contribution in [1.29, 1.82) is 0 Å². The first-order valence-corrected chi connectivity index (χ1v) is 10.2. The van der Waals surface area contributed by atoms with E-state index in [1.54, 1.807) is 6.33 Å². The minimum absolute atomic E-state index is 0.352. The van der Waals surface area contributed by atoms with E-state index < -0.39 is 0 Å². The average molecular weight is 360 g/mol. The molecule has 2 aliphatic rings. The van der Waals surface area contributed by atoms with Gasteiger partial charge in [-0.25, -0.2) is 9.97 Å². The first-order chi connectivity index (χ1) is 12.7. The van der Waals surface area contributed by atoms with E-state index in [0.717, 1.165) is 69.5 Å². The van der Waals surface area contributed by atoms with Crippen LogP contribution in [0.25, 0.3) is 0 Å². The second-order valence-corrected chi connectivity index (χ2v) is 7.85. The van der Waals surface area contributed by atoms with Crippen molar-refractivity contribution in [2.75, 3.05) is 42.9 Å². The zero-order chi connectivity index (χ0) is 18.4. The van der Waals surface area contributed by atoms with Gasteiger partial charge in [-0.1, -0.05) is 6.92 Å². The lowest BCUT2D eigenvalue weighted by atomic mass is 9.92. The highest BCUT2D eigenvalue weighted by Gasteiger charge is 2.24. The van der Waals surface area contributed by atoms with Gasteiger partial charge in [-0.15, -0.1) is 0 Å². The van der Waals surface area contributed by atoms with E-state index in [-0.39, 0.29) is 0 Å². The minimum atomic E-state index is 0.352. The number of hydrogen-bond acceptors (Lipinski definition) is 5. The average Bonchev–Trinajstić information content (AvgIpc) is 2.67. The van der Waals surface area contributed by atoms with Crippen molar-refractivity contribution in [2.45, 2.75) is 52.4 Å². The van der Waals surface area contributed by atoms with Crippen LogP contribution in [-0.4, -0.2) is 53.5 Å². The van der Waals surface area contributed by atoms with E-state index >= 15 is 0 Å². The van der Waals surface area contributed by atoms with Crippen LogP contribution >= 0.6 is 0 Å². The van der Waals surface area contributed by atoms with Gasteiger partial charge in [-0.3, -0.25) is 4.79 Å². The smallest absolute Gasteiger partial charge is 0.222 e. The molecule has 0 radical (unpaired) electrons. The summed E-state index contributed by atoms with van der Waals surface area (Å²) in [7, 11) is 0. The topological polar surface area (TPSA) is 61.4 Å². The predicted molar refractivity (Wildman–Crippen MR) is 105 cm³/mol. The summed E-state index contributed by atoms with van der Waals surface area (Å²) in [6.07, 6.45) is 8.02. The van der Waals surface area contributed by atoms with Crippen LogP contribution in [0.2, 0.25) is 0 Å². The lowest BCUT2D eigenvalue weighted by Crippen LogP contribution is -2.39. The Bertz CT molecular complexity index is 585. The highest BCUT2D eigenvalue weighted by molar-refractivity contribution is 5.76. The van der Waals surface area contributed by atoms with E-state index in [1.807, 2.05) is 6.07 Å². The first-order valence-electron chi connectivity index (χ1n) is 10.2. The van der Waals surface area contributed by atoms with Gasteiger partial charge in [0.2, 0.25) is 5.91 Å². The van der Waals surface area contributed by atoms with Gasteiger partial charge in [-0.05, 0) is 50.9 Å². The number of carbonyl (C=O) groups is 1. The maximum Gasteiger partial charge on any atom is 0.222 e. The van der Waals surface area contributed by atoms with Crippen molar-refractivity contribution in [3.05, 3.63) is 12.4 Å². The monoisotopic (exact) mass is 359 g/mol. The Morgan fingerprint density at radius 1 is 1.23 bits per heavy atom. The SMILES string of the molecule is CCNc1cc(N2CCC[C@H](CCC(=O)N3CCC(C)CC3)C2)ncn1. The second kappa shape index (κ2) is 9.19. The molecule has 26 heavy (non-hydrogen) atoms. The Labute approximate surface area is 157 Å². The molecule has 2 fully saturated rings. The van der Waals surface area contributed by atoms with E-state index in [0.29, 0.717) is 18.2 Å². The molecule has 0 unspecified atom stereocenters. The number of carbonyl (C=O) groups excluding carboxylic acids is 1. The number of hydrogen-bond donors (Lipinski definition) is 1. The molecule has 144 valence electrons. The molecule has 2 saturated heterocycles. The molecule has 2 aliphatic heterocycles. The number of anilines is 2. The number of nitrogens with one attached hydrogen (secondary N) is 1. The van der Waals surface area contributed by atoms with Gasteiger partial charge in [0.15, 0.2) is 0 Å². The maximum absolute atomic E-state index is 12.5. The summed E-state index contributed by atoms with van der Waals surface area (Å²) in [5.41, 5.74) is 0. The van der Waals surface area contributed by atoms with Crippen molar-refractivity contribution in [1.82, 2.24) is 14.9 Å². The van der Waals surface area contributed by atoms with Crippen LogP contribution in [0.5, 0.6) is 0 Å². The van der Waals surface area contributed by atoms with Gasteiger partial charge in [0.25, 0.3) is 0 Å². The van der Waals surface area contributed by atoms with Gasteiger partial charge in [0.05, 0.1) is 0 Å². The van der Waals surface area contributed by atoms with Crippen LogP contribution in [0, 0.1) is 11.8 Å². The fraction of sp³-hybridized carbons (Fsp3) is 0.750. The lowest BCUT2D eigenvalue weighted by Gasteiger charge is -2.34. The van der Waals surface area contributed by atoms with Gasteiger partial charge >= 0.3 is 0 Å². The molecule has 6 nitrogen and oxygen atoms in total. The molecule has 0 saturated carbocycles. The number of nitrogens with zero attached hydrogens (tertiary/aromatic N) is 4. The molecule has 1 aromatic rings. The summed E-state index contributed by atoms with van der Waals surface area (Å²) >= 11 is 0. The number of likely N-dealkylation sites (tertiary alicyclic amines) is 1. The summed E-state index contributed by atoms with van der Waals surface area (Å²) in [6, 6.07) is 2.03. The van der Waals surface area contributed by atoms with Gasteiger partial charge < -0.3 is 15.1 Å². The predicted octanol–water partition coefficient (Wildman–Crippen LogP) is 3.16. The van der Waals surface area contributed by atoms with E-state index in [4.69, 9.17) is 0 Å². The molecule has 1 aromatic heterocycles. The zero-order valence-corrected chi connectivity index (χ0v) is 16.3. The molecule has 0 spiro atoms. The van der Waals surface area contributed by atoms with Crippen LogP contribution in [0.4, 0.5) is 11.6 Å². The fourth-order valence-electron chi connectivity index (χ4n) is 4.05. The van der Waals surface area contributed by atoms with Crippen LogP contribution in [0.15, 0.2) is 12.4 Å². The quantitative estimate of drug-likeness (QED) is 0.845. The third kappa shape index (κ3) is 5.08. The van der Waals surface area contributed by atoms with Crippen LogP contribution < -0.4 is 10.2 Å². The third-order valence-electron chi connectivity index (χ3n) is 5.76. The van der Waals surface area contributed by atoms with E-state index in [1.165, 1.54) is 12.8 Å². The highest BCUT2D eigenvalue weighted by atomic mass is 16.2. The highest BCUT2D eigenvalue weighted by Crippen LogP contribution is 2.26. The Morgan fingerprint density at radius 3 is 2.81 bits per heavy atom. The molecule has 3 heterocycles. The van der Waals surface area contributed by atoms with Crippen molar-refractivity contribution in [3.63, 3.8) is 0 Å². The molecular formula is C20H33N5O. The summed E-state index contributed by atoms with van der Waals surface area (Å²) < 4.78 is 0. The summed E-state index contributed by atoms with van der Waals surface area (Å²) in [4.78, 5) is 25.6. The maximum atomic E-state index is 12.5. The van der Waals surface area contributed by atoms with Crippen LogP contribution in [0.1, 0.15) is 52.4 Å². The summed E-state index contributed by atoms with van der Waals surface area (Å²) in [5.74, 6) is 3.58. The summed E-state index contributed by atoms with van der Waals surface area (Å²) in [6.45, 7) is 9.14. The van der Waals surface area contributed by atoms with E-state index in [2.05, 4.69) is 38.9 Å². The van der Waals surface area contributed by atoms with Crippen molar-refractivity contribution >= 4 is 17.5 Å². The third-order valence-corrected chi connectivity index (χ3v) is 5.76.